The normalized spacial score (nSPS) is 15.8. The van der Waals surface area contributed by atoms with E-state index in [2.05, 4.69) is 15.7 Å². The fourth-order valence-corrected chi connectivity index (χ4v) is 1.82. The quantitative estimate of drug-likeness (QED) is 0.509. The van der Waals surface area contributed by atoms with Crippen LogP contribution in [0.2, 0.25) is 0 Å². The zero-order valence-corrected chi connectivity index (χ0v) is 8.87. The second-order valence-electron chi connectivity index (χ2n) is 4.09. The number of nitrogens with two attached hydrogens (primary N) is 1. The van der Waals surface area contributed by atoms with Crippen LogP contribution >= 0.6 is 0 Å². The molecule has 4 N–H and O–H groups in total. The highest BCUT2D eigenvalue weighted by molar-refractivity contribution is 5.51. The summed E-state index contributed by atoms with van der Waals surface area (Å²) in [4.78, 5) is 4.05. The monoisotopic (exact) mass is 206 g/mol. The van der Waals surface area contributed by atoms with E-state index < -0.39 is 0 Å². The van der Waals surface area contributed by atoms with Crippen molar-refractivity contribution in [2.24, 2.45) is 11.8 Å². The van der Waals surface area contributed by atoms with Gasteiger partial charge in [-0.05, 0) is 18.4 Å². The van der Waals surface area contributed by atoms with E-state index in [0.29, 0.717) is 5.82 Å². The van der Waals surface area contributed by atoms with Gasteiger partial charge in [0.05, 0.1) is 0 Å². The topological polar surface area (TPSA) is 63.0 Å². The molecule has 0 amide bonds. The summed E-state index contributed by atoms with van der Waals surface area (Å²) in [6.45, 7) is 1.04. The summed E-state index contributed by atoms with van der Waals surface area (Å²) in [7, 11) is 0. The van der Waals surface area contributed by atoms with Crippen molar-refractivity contribution in [1.29, 1.82) is 0 Å². The van der Waals surface area contributed by atoms with E-state index in [1.807, 2.05) is 12.1 Å². The number of aromatic nitrogens is 1. The van der Waals surface area contributed by atoms with Crippen molar-refractivity contribution in [1.82, 2.24) is 4.98 Å². The molecular formula is C11H18N4. The minimum absolute atomic E-state index is 0.698. The molecule has 1 aliphatic rings. The van der Waals surface area contributed by atoms with Crippen LogP contribution in [0.25, 0.3) is 0 Å². The Morgan fingerprint density at radius 1 is 1.47 bits per heavy atom. The molecule has 2 rings (SSSR count). The molecule has 1 heterocycles. The van der Waals surface area contributed by atoms with Gasteiger partial charge in [-0.2, -0.15) is 0 Å². The Morgan fingerprint density at radius 2 is 2.33 bits per heavy atom. The van der Waals surface area contributed by atoms with E-state index in [1.165, 1.54) is 25.7 Å². The van der Waals surface area contributed by atoms with Crippen LogP contribution < -0.4 is 16.6 Å². The van der Waals surface area contributed by atoms with Crippen molar-refractivity contribution < 1.29 is 0 Å². The number of rotatable bonds is 5. The molecule has 0 saturated heterocycles. The lowest BCUT2D eigenvalue weighted by Gasteiger charge is -2.25. The summed E-state index contributed by atoms with van der Waals surface area (Å²) in [5.74, 6) is 6.93. The largest absolute Gasteiger partial charge is 0.385 e. The van der Waals surface area contributed by atoms with Gasteiger partial charge in [0.15, 0.2) is 0 Å². The van der Waals surface area contributed by atoms with Gasteiger partial charge in [-0.15, -0.1) is 0 Å². The maximum Gasteiger partial charge on any atom is 0.141 e. The zero-order chi connectivity index (χ0) is 10.5. The standard InChI is InChI=1S/C11H18N4/c12-15-11-8-10(5-7-14-11)13-6-4-9-2-1-3-9/h5,7-9H,1-4,6,12H2,(H2,13,14,15). The Bertz CT molecular complexity index is 309. The van der Waals surface area contributed by atoms with E-state index in [-0.39, 0.29) is 0 Å². The van der Waals surface area contributed by atoms with Gasteiger partial charge >= 0.3 is 0 Å². The molecule has 0 bridgehead atoms. The molecule has 0 atom stereocenters. The van der Waals surface area contributed by atoms with Crippen molar-refractivity contribution in [2.45, 2.75) is 25.7 Å². The smallest absolute Gasteiger partial charge is 0.141 e. The van der Waals surface area contributed by atoms with Crippen LogP contribution in [0, 0.1) is 5.92 Å². The molecule has 4 heteroatoms. The highest BCUT2D eigenvalue weighted by Gasteiger charge is 2.16. The van der Waals surface area contributed by atoms with Crippen LogP contribution in [0.3, 0.4) is 0 Å². The Labute approximate surface area is 90.2 Å². The molecule has 82 valence electrons. The maximum absolute atomic E-state index is 5.29. The number of nitrogen functional groups attached to an aromatic ring is 1. The van der Waals surface area contributed by atoms with E-state index in [0.717, 1.165) is 18.2 Å². The van der Waals surface area contributed by atoms with Gasteiger partial charge in [-0.25, -0.2) is 10.8 Å². The first-order valence-corrected chi connectivity index (χ1v) is 5.55. The number of pyridine rings is 1. The van der Waals surface area contributed by atoms with Crippen LogP contribution in [0.5, 0.6) is 0 Å². The molecule has 0 unspecified atom stereocenters. The summed E-state index contributed by atoms with van der Waals surface area (Å²) in [6, 6.07) is 3.88. The fraction of sp³-hybridized carbons (Fsp3) is 0.545. The first-order chi connectivity index (χ1) is 7.38. The van der Waals surface area contributed by atoms with Crippen molar-refractivity contribution >= 4 is 11.5 Å². The van der Waals surface area contributed by atoms with Gasteiger partial charge in [-0.1, -0.05) is 19.3 Å². The first-order valence-electron chi connectivity index (χ1n) is 5.55. The summed E-state index contributed by atoms with van der Waals surface area (Å²) in [5, 5.41) is 3.38. The van der Waals surface area contributed by atoms with Crippen molar-refractivity contribution in [3.8, 4) is 0 Å². The predicted octanol–water partition coefficient (Wildman–Crippen LogP) is 1.97. The minimum atomic E-state index is 0.698. The molecule has 0 radical (unpaired) electrons. The van der Waals surface area contributed by atoms with E-state index in [4.69, 9.17) is 5.84 Å². The fourth-order valence-electron chi connectivity index (χ4n) is 1.82. The molecule has 1 aromatic heterocycles. The highest BCUT2D eigenvalue weighted by Crippen LogP contribution is 2.29. The maximum atomic E-state index is 5.29. The number of nitrogens with zero attached hydrogens (tertiary/aromatic N) is 1. The minimum Gasteiger partial charge on any atom is -0.385 e. The summed E-state index contributed by atoms with van der Waals surface area (Å²) in [5.41, 5.74) is 3.62. The van der Waals surface area contributed by atoms with Crippen molar-refractivity contribution in [3.05, 3.63) is 18.3 Å². The van der Waals surface area contributed by atoms with Crippen LogP contribution in [0.4, 0.5) is 11.5 Å². The lowest BCUT2D eigenvalue weighted by atomic mass is 9.83. The molecular weight excluding hydrogens is 188 g/mol. The molecule has 0 spiro atoms. The Hall–Kier alpha value is -1.29. The number of nitrogens with one attached hydrogen (secondary N) is 2. The number of hydrogen-bond donors (Lipinski definition) is 3. The third-order valence-electron chi connectivity index (χ3n) is 3.01. The van der Waals surface area contributed by atoms with Gasteiger partial charge in [0.25, 0.3) is 0 Å². The van der Waals surface area contributed by atoms with Crippen molar-refractivity contribution in [3.63, 3.8) is 0 Å². The summed E-state index contributed by atoms with van der Waals surface area (Å²) >= 11 is 0. The van der Waals surface area contributed by atoms with Gasteiger partial charge in [0, 0.05) is 24.5 Å². The average Bonchev–Trinajstić information content (AvgIpc) is 2.22. The third kappa shape index (κ3) is 2.83. The molecule has 4 nitrogen and oxygen atoms in total. The molecule has 1 fully saturated rings. The van der Waals surface area contributed by atoms with Gasteiger partial charge < -0.3 is 10.7 Å². The van der Waals surface area contributed by atoms with Crippen LogP contribution in [-0.2, 0) is 0 Å². The predicted molar refractivity (Wildman–Crippen MR) is 62.5 cm³/mol. The van der Waals surface area contributed by atoms with E-state index in [9.17, 15) is 0 Å². The van der Waals surface area contributed by atoms with E-state index >= 15 is 0 Å². The number of anilines is 2. The van der Waals surface area contributed by atoms with Gasteiger partial charge in [0.2, 0.25) is 0 Å². The molecule has 1 saturated carbocycles. The molecule has 0 aromatic carbocycles. The highest BCUT2D eigenvalue weighted by atomic mass is 15.2. The average molecular weight is 206 g/mol. The second kappa shape index (κ2) is 4.98. The summed E-state index contributed by atoms with van der Waals surface area (Å²) < 4.78 is 0. The Morgan fingerprint density at radius 3 is 3.00 bits per heavy atom. The molecule has 0 aliphatic heterocycles. The first kappa shape index (κ1) is 10.2. The van der Waals surface area contributed by atoms with Gasteiger partial charge in [0.1, 0.15) is 5.82 Å². The van der Waals surface area contributed by atoms with Crippen molar-refractivity contribution in [2.75, 3.05) is 17.3 Å². The Kier molecular flexibility index (Phi) is 3.40. The lowest BCUT2D eigenvalue weighted by Crippen LogP contribution is -2.15. The van der Waals surface area contributed by atoms with Crippen LogP contribution in [0.15, 0.2) is 18.3 Å². The molecule has 1 aromatic rings. The van der Waals surface area contributed by atoms with Crippen LogP contribution in [-0.4, -0.2) is 11.5 Å². The second-order valence-corrected chi connectivity index (χ2v) is 4.09. The molecule has 15 heavy (non-hydrogen) atoms. The number of hydrazine groups is 1. The third-order valence-corrected chi connectivity index (χ3v) is 3.01. The van der Waals surface area contributed by atoms with Crippen LogP contribution in [0.1, 0.15) is 25.7 Å². The Balaban J connectivity index is 1.76. The number of hydrogen-bond acceptors (Lipinski definition) is 4. The zero-order valence-electron chi connectivity index (χ0n) is 8.87. The molecule has 1 aliphatic carbocycles. The van der Waals surface area contributed by atoms with Gasteiger partial charge in [-0.3, -0.25) is 0 Å². The summed E-state index contributed by atoms with van der Waals surface area (Å²) in [6.07, 6.45) is 7.26. The van der Waals surface area contributed by atoms with E-state index in [1.54, 1.807) is 6.20 Å². The SMILES string of the molecule is NNc1cc(NCCC2CCC2)ccn1. The lowest BCUT2D eigenvalue weighted by molar-refractivity contribution is 0.303.